The van der Waals surface area contributed by atoms with Gasteiger partial charge in [0.1, 0.15) is 128 Å². The number of amides is 6. The first-order valence-electron chi connectivity index (χ1n) is 39.9. The summed E-state index contributed by atoms with van der Waals surface area (Å²) in [7, 11) is 8.50. The zero-order valence-electron chi connectivity index (χ0n) is 70.1. The van der Waals surface area contributed by atoms with E-state index in [2.05, 4.69) is 31.9 Å². The topological polar surface area (TPSA) is 432 Å². The molecule has 39 nitrogen and oxygen atoms in total. The van der Waals surface area contributed by atoms with Crippen molar-refractivity contribution in [2.24, 2.45) is 35.5 Å². The zero-order valence-corrected chi connectivity index (χ0v) is 70.1. The molecule has 1 aromatic rings. The number of ether oxygens (including phenoxy) is 26. The fourth-order valence-corrected chi connectivity index (χ4v) is 17.8. The third kappa shape index (κ3) is 19.4. The van der Waals surface area contributed by atoms with Gasteiger partial charge in [-0.2, -0.15) is 0 Å². The van der Waals surface area contributed by atoms with Crippen LogP contribution in [0.2, 0.25) is 0 Å². The summed E-state index contributed by atoms with van der Waals surface area (Å²) in [5.74, 6) is -19.5. The predicted octanol–water partition coefficient (Wildman–Crippen LogP) is 0.881. The molecule has 0 saturated carbocycles. The summed E-state index contributed by atoms with van der Waals surface area (Å²) < 4.78 is 161. The number of carbonyl (C=O) groups is 7. The Morgan fingerprint density at radius 1 is 0.325 bits per heavy atom. The van der Waals surface area contributed by atoms with Crippen LogP contribution < -0.4 is 31.9 Å². The molecule has 658 valence electrons. The van der Waals surface area contributed by atoms with Crippen LogP contribution in [0.25, 0.3) is 0 Å². The maximum atomic E-state index is 15.8. The SMILES string of the molecule is CO[C@@H]1[C@H]2OC(C)(C)O[C@H]2O[C@@H]1[C@H](CNC(=O)OC(C)(C)C)C(=O)NC[C@@H](C(=O)NC[C@H](C(=O)NC[C@@H](C(=O)NC[C@H](C(=O)NC[C@@H](C(=O)OCc1ccccc1)[C@H]1O[C@@H]2OC(C)(C)O[C@@H]2[C@H]1OC)[C@H]1O[C@@H]2OC(C)(C)O[C@@H]2[C@H]1OC)[C@H]1O[C@@H]2OC(C)(C)O[C@@H]2[C@H]1OC)[C@H]1O[C@@H]2OC(C)(C)O[C@@H]2[C@H]1OC)[C@H]1O[C@@H]2OC(C)(C)O[C@@H]2[C@H]1OC. The Hall–Kier alpha value is -5.65. The number of alkyl carbamates (subject to hydrolysis) is 1. The molecule has 12 saturated heterocycles. The van der Waals surface area contributed by atoms with Crippen LogP contribution in [0.4, 0.5) is 4.79 Å². The normalized spacial score (nSPS) is 38.1. The molecular weight excluding hydrogens is 1550 g/mol. The first-order chi connectivity index (χ1) is 55.1. The molecule has 0 aromatic heterocycles. The Morgan fingerprint density at radius 2 is 0.538 bits per heavy atom. The Kier molecular flexibility index (Phi) is 26.6. The predicted molar refractivity (Wildman–Crippen MR) is 393 cm³/mol. The van der Waals surface area contributed by atoms with Gasteiger partial charge in [0.15, 0.2) is 72.5 Å². The molecule has 1 aromatic carbocycles. The standard InChI is InChI=1S/C78H118N6O33/c1-72(2,3)117-71(91)84-31-39(45-51(96-20)57-69(103-45)115-77(12,13)109-57)63(89)82-29-37(43-49(94-18)55-67(101-43)113-75(8,9)107-55)61(87)80-27-35(41-47(92-16)53-65(99-41)111-73(4,5)105-53)59(85)79-28-36(42-48(93-17)54-66(100-42)112-74(6,7)106-54)60(86)81-30-38(44-50(95-19)56-68(102-44)114-76(10,11)108-56)62(88)83-32-40(64(90)98-33-34-25-23-22-24-26-34)46-52(97-21)58-70(104-46)116-78(14,15)110-58/h22-26,35-58,65-70H,27-33H2,1-21H3,(H,79,85)(H,80,87)(H,81,86)(H,82,89)(H,83,88)(H,84,91)/t35-,36+,37+,38-,39-,40+,41+,42+,43+,44+,45+,46+,47-,48-,49-,50-,51-,52-,53+,54+,55+,56+,57+,58+,65+,66+,67+,68+,69+,70+/m0/s1. The maximum absolute atomic E-state index is 15.8. The number of esters is 1. The van der Waals surface area contributed by atoms with Crippen molar-refractivity contribution in [3.05, 3.63) is 35.9 Å². The molecule has 12 fully saturated rings. The lowest BCUT2D eigenvalue weighted by molar-refractivity contribution is -0.225. The average molecular weight is 1670 g/mol. The number of fused-ring (bicyclic) bond motifs is 6. The minimum Gasteiger partial charge on any atom is -0.460 e. The molecule has 0 bridgehead atoms. The largest absolute Gasteiger partial charge is 0.460 e. The van der Waals surface area contributed by atoms with Gasteiger partial charge in [-0.1, -0.05) is 30.3 Å². The van der Waals surface area contributed by atoms with Gasteiger partial charge in [-0.25, -0.2) is 4.79 Å². The molecule has 12 aliphatic rings. The number of benzene rings is 1. The minimum absolute atomic E-state index is 0.123. The number of hydrogen-bond acceptors (Lipinski definition) is 33. The minimum atomic E-state index is -1.45. The summed E-state index contributed by atoms with van der Waals surface area (Å²) in [6.45, 7) is 22.5. The Balaban J connectivity index is 0.783. The molecule has 30 atom stereocenters. The number of rotatable bonds is 32. The van der Waals surface area contributed by atoms with E-state index in [9.17, 15) is 9.59 Å². The quantitative estimate of drug-likeness (QED) is 0.0545. The monoisotopic (exact) mass is 1670 g/mol. The van der Waals surface area contributed by atoms with E-state index < -0.39 is 298 Å². The highest BCUT2D eigenvalue weighted by atomic mass is 16.9. The van der Waals surface area contributed by atoms with Gasteiger partial charge in [0, 0.05) is 81.9 Å². The summed E-state index contributed by atoms with van der Waals surface area (Å²) in [6, 6.07) is 9.01. The molecule has 6 amide bonds. The molecule has 0 radical (unpaired) electrons. The molecule has 0 spiro atoms. The van der Waals surface area contributed by atoms with Gasteiger partial charge < -0.3 is 155 Å². The van der Waals surface area contributed by atoms with Crippen molar-refractivity contribution in [1.82, 2.24) is 31.9 Å². The fourth-order valence-electron chi connectivity index (χ4n) is 17.8. The molecule has 12 aliphatic heterocycles. The van der Waals surface area contributed by atoms with Crippen LogP contribution in [0.15, 0.2) is 30.3 Å². The number of methoxy groups -OCH3 is 6. The number of hydrogen-bond donors (Lipinski definition) is 6. The number of carbonyl (C=O) groups excluding carboxylic acids is 7. The van der Waals surface area contributed by atoms with Gasteiger partial charge in [0.05, 0.1) is 29.6 Å². The lowest BCUT2D eigenvalue weighted by Crippen LogP contribution is -2.56. The van der Waals surface area contributed by atoms with Gasteiger partial charge in [-0.15, -0.1) is 0 Å². The summed E-state index contributed by atoms with van der Waals surface area (Å²) in [5.41, 5.74) is -0.223. The summed E-state index contributed by atoms with van der Waals surface area (Å²) >= 11 is 0. The van der Waals surface area contributed by atoms with E-state index >= 15 is 24.0 Å². The Labute approximate surface area is 679 Å². The van der Waals surface area contributed by atoms with E-state index in [1.54, 1.807) is 128 Å². The van der Waals surface area contributed by atoms with Crippen molar-refractivity contribution in [2.45, 2.75) is 298 Å². The molecule has 0 aliphatic carbocycles. The van der Waals surface area contributed by atoms with Crippen LogP contribution in [0.1, 0.15) is 109 Å². The van der Waals surface area contributed by atoms with Gasteiger partial charge in [0.25, 0.3) is 0 Å². The van der Waals surface area contributed by atoms with Crippen molar-refractivity contribution in [3.8, 4) is 0 Å². The summed E-state index contributed by atoms with van der Waals surface area (Å²) in [5, 5.41) is 17.4. The maximum Gasteiger partial charge on any atom is 0.407 e. The average Bonchev–Trinajstić information content (AvgIpc) is 1.64. The molecule has 117 heavy (non-hydrogen) atoms. The summed E-state index contributed by atoms with van der Waals surface area (Å²) in [6.07, 6.45) is -25.2. The number of nitrogens with one attached hydrogen (secondary N) is 6. The van der Waals surface area contributed by atoms with E-state index in [-0.39, 0.29) is 13.2 Å². The first kappa shape index (κ1) is 89.1. The van der Waals surface area contributed by atoms with E-state index in [0.717, 1.165) is 0 Å². The van der Waals surface area contributed by atoms with Crippen molar-refractivity contribution in [2.75, 3.05) is 81.9 Å². The van der Waals surface area contributed by atoms with Crippen molar-refractivity contribution in [3.63, 3.8) is 0 Å². The fraction of sp³-hybridized carbons (Fsp3) is 0.833. The first-order valence-corrected chi connectivity index (χ1v) is 39.9. The van der Waals surface area contributed by atoms with Crippen LogP contribution in [0.3, 0.4) is 0 Å². The van der Waals surface area contributed by atoms with Crippen LogP contribution in [0, 0.1) is 35.5 Å². The Morgan fingerprint density at radius 3 is 0.761 bits per heavy atom. The van der Waals surface area contributed by atoms with E-state index in [1.165, 1.54) is 42.7 Å². The third-order valence-corrected chi connectivity index (χ3v) is 22.7. The highest BCUT2D eigenvalue weighted by molar-refractivity contribution is 5.86. The molecular formula is C78H118N6O33. The van der Waals surface area contributed by atoms with E-state index in [0.29, 0.717) is 5.56 Å². The van der Waals surface area contributed by atoms with Crippen molar-refractivity contribution >= 4 is 41.6 Å². The molecule has 12 heterocycles. The molecule has 0 unspecified atom stereocenters. The lowest BCUT2D eigenvalue weighted by Gasteiger charge is -2.33. The van der Waals surface area contributed by atoms with Crippen LogP contribution in [-0.4, -0.2) is 311 Å². The van der Waals surface area contributed by atoms with Gasteiger partial charge in [-0.05, 0) is 109 Å². The van der Waals surface area contributed by atoms with E-state index in [4.69, 9.17) is 123 Å². The second-order valence-electron chi connectivity index (χ2n) is 35.0. The molecule has 13 rings (SSSR count). The third-order valence-electron chi connectivity index (χ3n) is 22.7. The van der Waals surface area contributed by atoms with Gasteiger partial charge >= 0.3 is 12.1 Å². The lowest BCUT2D eigenvalue weighted by atomic mass is 9.91. The van der Waals surface area contributed by atoms with Crippen LogP contribution >= 0.6 is 0 Å². The smallest absolute Gasteiger partial charge is 0.407 e. The highest BCUT2D eigenvalue weighted by Crippen LogP contribution is 2.48. The second-order valence-corrected chi connectivity index (χ2v) is 35.0. The zero-order chi connectivity index (χ0) is 84.6. The molecule has 39 heteroatoms. The van der Waals surface area contributed by atoms with Crippen molar-refractivity contribution < 1.29 is 157 Å². The van der Waals surface area contributed by atoms with Crippen LogP contribution in [0.5, 0.6) is 0 Å². The Bertz CT molecular complexity index is 3680. The highest BCUT2D eigenvalue weighted by Gasteiger charge is 2.65. The van der Waals surface area contributed by atoms with E-state index in [1.807, 2.05) is 6.07 Å². The summed E-state index contributed by atoms with van der Waals surface area (Å²) in [4.78, 5) is 106. The van der Waals surface area contributed by atoms with Crippen LogP contribution in [-0.2, 0) is 159 Å². The van der Waals surface area contributed by atoms with Gasteiger partial charge in [0.2, 0.25) is 29.5 Å². The van der Waals surface area contributed by atoms with Crippen molar-refractivity contribution in [1.29, 1.82) is 0 Å². The van der Waals surface area contributed by atoms with Gasteiger partial charge in [-0.3, -0.25) is 28.8 Å². The second kappa shape index (κ2) is 34.9. The molecule has 6 N–H and O–H groups in total.